The smallest absolute Gasteiger partial charge is 0.303 e. The van der Waals surface area contributed by atoms with E-state index >= 15 is 0 Å². The molecule has 0 radical (unpaired) electrons. The molecule has 10 nitrogen and oxygen atoms in total. The molecule has 2 aromatic rings. The normalized spacial score (nSPS) is 15.4. The van der Waals surface area contributed by atoms with Gasteiger partial charge in [-0.25, -0.2) is 8.42 Å². The van der Waals surface area contributed by atoms with Gasteiger partial charge in [-0.05, 0) is 55.1 Å². The average molecular weight is 624 g/mol. The van der Waals surface area contributed by atoms with Crippen LogP contribution < -0.4 is 14.9 Å². The highest BCUT2D eigenvalue weighted by Gasteiger charge is 2.34. The number of carbonyl (C=O) groups is 3. The van der Waals surface area contributed by atoms with Crippen molar-refractivity contribution in [3.8, 4) is 0 Å². The SMILES string of the molecule is CC(C)(C)C(=O)NCCCC(=O)O.CN1c2ccccc2C(NCCCCCCC(=O)O)c2ccc(Cl)cc2S1(=O)=O. The van der Waals surface area contributed by atoms with Crippen LogP contribution in [0.1, 0.15) is 82.9 Å². The van der Waals surface area contributed by atoms with Gasteiger partial charge in [0.1, 0.15) is 0 Å². The lowest BCUT2D eigenvalue weighted by molar-refractivity contribution is -0.138. The molecule has 1 amide bonds. The highest BCUT2D eigenvalue weighted by Crippen LogP contribution is 2.40. The second-order valence-electron chi connectivity index (χ2n) is 11.2. The molecule has 12 heteroatoms. The molecule has 0 saturated carbocycles. The van der Waals surface area contributed by atoms with Crippen LogP contribution in [0.2, 0.25) is 5.02 Å². The van der Waals surface area contributed by atoms with Crippen LogP contribution in [0.3, 0.4) is 0 Å². The molecular weight excluding hydrogens is 582 g/mol. The number of carbonyl (C=O) groups excluding carboxylic acids is 1. The van der Waals surface area contributed by atoms with Gasteiger partial charge in [0.25, 0.3) is 10.0 Å². The van der Waals surface area contributed by atoms with Gasteiger partial charge in [-0.15, -0.1) is 0 Å². The summed E-state index contributed by atoms with van der Waals surface area (Å²) in [4.78, 5) is 32.2. The van der Waals surface area contributed by atoms with Crippen LogP contribution in [0, 0.1) is 5.41 Å². The molecule has 1 atom stereocenters. The summed E-state index contributed by atoms with van der Waals surface area (Å²) in [6.45, 7) is 6.58. The molecule has 1 heterocycles. The van der Waals surface area contributed by atoms with Crippen LogP contribution in [0.15, 0.2) is 47.4 Å². The van der Waals surface area contributed by atoms with Gasteiger partial charge in [-0.1, -0.05) is 69.5 Å². The summed E-state index contributed by atoms with van der Waals surface area (Å²) in [6, 6.07) is 12.2. The zero-order valence-electron chi connectivity index (χ0n) is 24.7. The number of aliphatic carboxylic acids is 2. The first kappa shape index (κ1) is 35.0. The predicted molar refractivity (Wildman–Crippen MR) is 163 cm³/mol. The first-order chi connectivity index (χ1) is 19.7. The zero-order valence-corrected chi connectivity index (χ0v) is 26.2. The number of rotatable bonds is 12. The third-order valence-electron chi connectivity index (χ3n) is 6.71. The highest BCUT2D eigenvalue weighted by molar-refractivity contribution is 7.92. The number of hydrogen-bond acceptors (Lipinski definition) is 6. The van der Waals surface area contributed by atoms with E-state index in [4.69, 9.17) is 21.8 Å². The number of carboxylic acids is 2. The number of fused-ring (bicyclic) bond motifs is 2. The quantitative estimate of drug-likeness (QED) is 0.235. The topological polar surface area (TPSA) is 153 Å². The van der Waals surface area contributed by atoms with Crippen molar-refractivity contribution in [3.05, 3.63) is 58.6 Å². The van der Waals surface area contributed by atoms with E-state index in [1.54, 1.807) is 25.2 Å². The number of halogens is 1. The van der Waals surface area contributed by atoms with Crippen molar-refractivity contribution in [2.45, 2.75) is 76.7 Å². The number of unbranched alkanes of at least 4 members (excludes halogenated alkanes) is 3. The summed E-state index contributed by atoms with van der Waals surface area (Å²) in [6.07, 6.45) is 4.11. The Bertz CT molecular complexity index is 1340. The number of anilines is 1. The van der Waals surface area contributed by atoms with Gasteiger partial charge in [0, 0.05) is 36.9 Å². The maximum absolute atomic E-state index is 13.2. The van der Waals surface area contributed by atoms with Gasteiger partial charge in [0.2, 0.25) is 5.91 Å². The zero-order chi connectivity index (χ0) is 31.5. The van der Waals surface area contributed by atoms with E-state index in [0.29, 0.717) is 42.2 Å². The molecule has 0 aliphatic carbocycles. The third kappa shape index (κ3) is 10.3. The number of amides is 1. The third-order valence-corrected chi connectivity index (χ3v) is 8.77. The first-order valence-corrected chi connectivity index (χ1v) is 15.8. The van der Waals surface area contributed by atoms with E-state index in [1.165, 1.54) is 10.4 Å². The van der Waals surface area contributed by atoms with Crippen molar-refractivity contribution >= 4 is 45.2 Å². The Labute approximate surface area is 253 Å². The van der Waals surface area contributed by atoms with E-state index < -0.39 is 27.4 Å². The Balaban J connectivity index is 0.000000401. The molecule has 42 heavy (non-hydrogen) atoms. The molecule has 0 aromatic heterocycles. The number of nitrogens with zero attached hydrogens (tertiary/aromatic N) is 1. The van der Waals surface area contributed by atoms with Crippen molar-refractivity contribution in [1.29, 1.82) is 0 Å². The highest BCUT2D eigenvalue weighted by atomic mass is 35.5. The molecule has 1 aliphatic rings. The Morgan fingerprint density at radius 3 is 2.14 bits per heavy atom. The van der Waals surface area contributed by atoms with Crippen molar-refractivity contribution in [3.63, 3.8) is 0 Å². The second-order valence-corrected chi connectivity index (χ2v) is 13.5. The second kappa shape index (κ2) is 15.9. The average Bonchev–Trinajstić information content (AvgIpc) is 2.97. The molecule has 0 fully saturated rings. The van der Waals surface area contributed by atoms with Gasteiger partial charge >= 0.3 is 11.9 Å². The number of nitrogens with one attached hydrogen (secondary N) is 2. The number of carboxylic acid groups (broad SMARTS) is 2. The summed E-state index contributed by atoms with van der Waals surface area (Å²) in [5, 5.41) is 23.6. The van der Waals surface area contributed by atoms with Gasteiger partial charge in [0.05, 0.1) is 16.6 Å². The van der Waals surface area contributed by atoms with Crippen LogP contribution in [0.5, 0.6) is 0 Å². The Morgan fingerprint density at radius 1 is 0.881 bits per heavy atom. The summed E-state index contributed by atoms with van der Waals surface area (Å²) in [7, 11) is -2.16. The largest absolute Gasteiger partial charge is 0.481 e. The Morgan fingerprint density at radius 2 is 1.50 bits per heavy atom. The predicted octanol–water partition coefficient (Wildman–Crippen LogP) is 5.21. The summed E-state index contributed by atoms with van der Waals surface area (Å²) in [5.41, 5.74) is 1.81. The van der Waals surface area contributed by atoms with E-state index in [2.05, 4.69) is 10.6 Å². The molecule has 3 rings (SSSR count). The molecule has 1 unspecified atom stereocenters. The van der Waals surface area contributed by atoms with Crippen molar-refractivity contribution in [2.24, 2.45) is 5.41 Å². The molecule has 232 valence electrons. The van der Waals surface area contributed by atoms with Crippen LogP contribution in [0.25, 0.3) is 0 Å². The molecule has 2 aromatic carbocycles. The van der Waals surface area contributed by atoms with Crippen LogP contribution >= 0.6 is 11.6 Å². The van der Waals surface area contributed by atoms with Gasteiger partial charge < -0.3 is 20.8 Å². The molecule has 0 bridgehead atoms. The monoisotopic (exact) mass is 623 g/mol. The minimum Gasteiger partial charge on any atom is -0.481 e. The van der Waals surface area contributed by atoms with Crippen molar-refractivity contribution in [1.82, 2.24) is 10.6 Å². The fourth-order valence-electron chi connectivity index (χ4n) is 4.36. The summed E-state index contributed by atoms with van der Waals surface area (Å²) >= 11 is 6.12. The van der Waals surface area contributed by atoms with E-state index in [0.717, 1.165) is 24.8 Å². The number of sulfonamides is 1. The number of benzene rings is 2. The summed E-state index contributed by atoms with van der Waals surface area (Å²) < 4.78 is 27.7. The molecule has 0 spiro atoms. The molecular formula is C30H42ClN3O7S. The molecule has 0 saturated heterocycles. The summed E-state index contributed by atoms with van der Waals surface area (Å²) in [5.74, 6) is -1.64. The van der Waals surface area contributed by atoms with Gasteiger partial charge in [0.15, 0.2) is 0 Å². The van der Waals surface area contributed by atoms with Crippen molar-refractivity contribution in [2.75, 3.05) is 24.4 Å². The van der Waals surface area contributed by atoms with Gasteiger partial charge in [-0.2, -0.15) is 0 Å². The van der Waals surface area contributed by atoms with E-state index in [1.807, 2.05) is 39.0 Å². The lowest BCUT2D eigenvalue weighted by Gasteiger charge is -2.22. The number of para-hydroxylation sites is 1. The Hall–Kier alpha value is -3.15. The minimum absolute atomic E-state index is 0.0436. The minimum atomic E-state index is -3.72. The van der Waals surface area contributed by atoms with Crippen molar-refractivity contribution < 1.29 is 33.0 Å². The van der Waals surface area contributed by atoms with Gasteiger partial charge in [-0.3, -0.25) is 18.7 Å². The lowest BCUT2D eigenvalue weighted by atomic mass is 9.96. The van der Waals surface area contributed by atoms with Crippen LogP contribution in [-0.2, 0) is 24.4 Å². The maximum atomic E-state index is 13.2. The standard InChI is InChI=1S/C21H25ClN2O4S.C9H17NO3/c1-24-18-9-6-5-8-16(18)21(23-13-7-3-2-4-10-20(25)26)17-12-11-15(22)14-19(17)29(24,27)28;1-9(2,3)8(13)10-6-4-5-7(11)12/h5-6,8-9,11-12,14,21,23H,2-4,7,10,13H2,1H3,(H,25,26);4-6H2,1-3H3,(H,10,13)(H,11,12). The fourth-order valence-corrected chi connectivity index (χ4v) is 6.08. The van der Waals surface area contributed by atoms with Crippen LogP contribution in [0.4, 0.5) is 5.69 Å². The van der Waals surface area contributed by atoms with Crippen LogP contribution in [-0.4, -0.2) is 56.6 Å². The fraction of sp³-hybridized carbons (Fsp3) is 0.500. The van der Waals surface area contributed by atoms with E-state index in [-0.39, 0.29) is 29.7 Å². The van der Waals surface area contributed by atoms with E-state index in [9.17, 15) is 22.8 Å². The lowest BCUT2D eigenvalue weighted by Crippen LogP contribution is -2.35. The first-order valence-electron chi connectivity index (χ1n) is 14.0. The maximum Gasteiger partial charge on any atom is 0.303 e. The number of hydrogen-bond donors (Lipinski definition) is 4. The molecule has 1 aliphatic heterocycles. The molecule has 4 N–H and O–H groups in total. The Kier molecular flexibility index (Phi) is 13.3.